The third-order valence-electron chi connectivity index (χ3n) is 3.66. The molecule has 1 N–H and O–H groups in total. The zero-order valence-electron chi connectivity index (χ0n) is 11.6. The zero-order valence-corrected chi connectivity index (χ0v) is 12.4. The molecule has 1 aromatic carbocycles. The first-order valence-electron chi connectivity index (χ1n) is 6.64. The van der Waals surface area contributed by atoms with Crippen molar-refractivity contribution in [2.24, 2.45) is 5.92 Å². The second kappa shape index (κ2) is 6.33. The highest BCUT2D eigenvalue weighted by atomic mass is 32.2. The van der Waals surface area contributed by atoms with Crippen LogP contribution in [0.3, 0.4) is 0 Å². The number of rotatable bonds is 4. The SMILES string of the molecule is CN(CC1CCNCC1)S(=O)(=O)c1ccc(F)c(F)c1F. The van der Waals surface area contributed by atoms with Gasteiger partial charge in [-0.05, 0) is 44.0 Å². The Morgan fingerprint density at radius 1 is 1.19 bits per heavy atom. The molecule has 0 unspecified atom stereocenters. The minimum atomic E-state index is -4.18. The molecule has 118 valence electrons. The summed E-state index contributed by atoms with van der Waals surface area (Å²) in [4.78, 5) is -0.835. The van der Waals surface area contributed by atoms with Crippen molar-refractivity contribution in [1.82, 2.24) is 9.62 Å². The van der Waals surface area contributed by atoms with Crippen molar-refractivity contribution >= 4 is 10.0 Å². The van der Waals surface area contributed by atoms with Gasteiger partial charge in [-0.2, -0.15) is 0 Å². The van der Waals surface area contributed by atoms with E-state index in [0.717, 1.165) is 36.3 Å². The van der Waals surface area contributed by atoms with E-state index in [1.807, 2.05) is 0 Å². The zero-order chi connectivity index (χ0) is 15.6. The lowest BCUT2D eigenvalue weighted by molar-refractivity contribution is 0.310. The van der Waals surface area contributed by atoms with Gasteiger partial charge in [0.15, 0.2) is 17.5 Å². The third-order valence-corrected chi connectivity index (χ3v) is 5.50. The van der Waals surface area contributed by atoms with Crippen molar-refractivity contribution in [3.05, 3.63) is 29.6 Å². The van der Waals surface area contributed by atoms with Crippen molar-refractivity contribution in [3.8, 4) is 0 Å². The topological polar surface area (TPSA) is 49.4 Å². The van der Waals surface area contributed by atoms with Crippen LogP contribution in [0.4, 0.5) is 13.2 Å². The van der Waals surface area contributed by atoms with Crippen molar-refractivity contribution in [3.63, 3.8) is 0 Å². The Labute approximate surface area is 122 Å². The molecular formula is C13H17F3N2O2S. The molecule has 1 fully saturated rings. The van der Waals surface area contributed by atoms with Gasteiger partial charge in [0, 0.05) is 13.6 Å². The van der Waals surface area contributed by atoms with Crippen molar-refractivity contribution in [2.45, 2.75) is 17.7 Å². The van der Waals surface area contributed by atoms with Crippen LogP contribution in [0.25, 0.3) is 0 Å². The molecule has 4 nitrogen and oxygen atoms in total. The number of nitrogens with zero attached hydrogens (tertiary/aromatic N) is 1. The Kier molecular flexibility index (Phi) is 4.90. The third kappa shape index (κ3) is 3.38. The van der Waals surface area contributed by atoms with Crippen LogP contribution in [0.1, 0.15) is 12.8 Å². The maximum absolute atomic E-state index is 13.7. The maximum Gasteiger partial charge on any atom is 0.245 e. The van der Waals surface area contributed by atoms with E-state index in [9.17, 15) is 21.6 Å². The predicted molar refractivity (Wildman–Crippen MR) is 71.7 cm³/mol. The lowest BCUT2D eigenvalue weighted by Gasteiger charge is -2.27. The summed E-state index contributed by atoms with van der Waals surface area (Å²) in [6.07, 6.45) is 1.64. The summed E-state index contributed by atoms with van der Waals surface area (Å²) in [5.74, 6) is -4.69. The summed E-state index contributed by atoms with van der Waals surface area (Å²) < 4.78 is 65.3. The molecule has 1 saturated heterocycles. The number of nitrogens with one attached hydrogen (secondary N) is 1. The molecule has 1 aromatic rings. The molecule has 0 atom stereocenters. The van der Waals surface area contributed by atoms with E-state index in [1.165, 1.54) is 7.05 Å². The van der Waals surface area contributed by atoms with Crippen LogP contribution in [-0.2, 0) is 10.0 Å². The van der Waals surface area contributed by atoms with E-state index in [2.05, 4.69) is 5.32 Å². The first kappa shape index (κ1) is 16.3. The van der Waals surface area contributed by atoms with Gasteiger partial charge in [-0.25, -0.2) is 25.9 Å². The van der Waals surface area contributed by atoms with E-state index in [-0.39, 0.29) is 12.5 Å². The van der Waals surface area contributed by atoms with Crippen LogP contribution in [0.5, 0.6) is 0 Å². The molecule has 0 radical (unpaired) electrons. The highest BCUT2D eigenvalue weighted by Crippen LogP contribution is 2.24. The van der Waals surface area contributed by atoms with Crippen LogP contribution in [0.15, 0.2) is 17.0 Å². The lowest BCUT2D eigenvalue weighted by Crippen LogP contribution is -2.37. The summed E-state index contributed by atoms with van der Waals surface area (Å²) in [5.41, 5.74) is 0. The number of sulfonamides is 1. The molecule has 0 spiro atoms. The molecule has 0 saturated carbocycles. The molecule has 0 amide bonds. The molecular weight excluding hydrogens is 305 g/mol. The van der Waals surface area contributed by atoms with Gasteiger partial charge in [-0.1, -0.05) is 0 Å². The fourth-order valence-corrected chi connectivity index (χ4v) is 3.70. The normalized spacial score (nSPS) is 17.4. The molecule has 2 rings (SSSR count). The summed E-state index contributed by atoms with van der Waals surface area (Å²) in [6, 6.07) is 1.37. The Balaban J connectivity index is 2.22. The number of hydrogen-bond donors (Lipinski definition) is 1. The highest BCUT2D eigenvalue weighted by molar-refractivity contribution is 7.89. The van der Waals surface area contributed by atoms with Crippen LogP contribution < -0.4 is 5.32 Å². The van der Waals surface area contributed by atoms with Gasteiger partial charge in [0.1, 0.15) is 4.90 Å². The number of piperidine rings is 1. The standard InChI is InChI=1S/C13H17F3N2O2S/c1-18(8-9-4-6-17-7-5-9)21(19,20)11-3-2-10(14)12(15)13(11)16/h2-3,9,17H,4-8H2,1H3. The molecule has 0 aromatic heterocycles. The number of hydrogen-bond acceptors (Lipinski definition) is 3. The maximum atomic E-state index is 13.7. The molecule has 0 bridgehead atoms. The highest BCUT2D eigenvalue weighted by Gasteiger charge is 2.29. The monoisotopic (exact) mass is 322 g/mol. The average molecular weight is 322 g/mol. The second-order valence-electron chi connectivity index (χ2n) is 5.15. The van der Waals surface area contributed by atoms with Crippen molar-refractivity contribution < 1.29 is 21.6 Å². The van der Waals surface area contributed by atoms with Crippen LogP contribution in [0, 0.1) is 23.4 Å². The molecule has 1 aliphatic heterocycles. The Morgan fingerprint density at radius 2 is 1.81 bits per heavy atom. The molecule has 1 aliphatic rings. The van der Waals surface area contributed by atoms with Gasteiger partial charge in [0.2, 0.25) is 10.0 Å². The average Bonchev–Trinajstić information content (AvgIpc) is 2.45. The summed E-state index contributed by atoms with van der Waals surface area (Å²) in [7, 11) is -2.86. The molecule has 0 aliphatic carbocycles. The van der Waals surface area contributed by atoms with Crippen LogP contribution >= 0.6 is 0 Å². The van der Waals surface area contributed by atoms with Crippen LogP contribution in [-0.4, -0.2) is 39.4 Å². The van der Waals surface area contributed by atoms with Gasteiger partial charge in [-0.3, -0.25) is 0 Å². The fraction of sp³-hybridized carbons (Fsp3) is 0.538. The van der Waals surface area contributed by atoms with Gasteiger partial charge in [0.25, 0.3) is 0 Å². The molecule has 1 heterocycles. The minimum absolute atomic E-state index is 0.166. The first-order valence-corrected chi connectivity index (χ1v) is 8.08. The summed E-state index contributed by atoms with van der Waals surface area (Å²) in [6.45, 7) is 1.83. The minimum Gasteiger partial charge on any atom is -0.317 e. The van der Waals surface area contributed by atoms with Crippen LogP contribution in [0.2, 0.25) is 0 Å². The Hall–Kier alpha value is -1.12. The van der Waals surface area contributed by atoms with Gasteiger partial charge >= 0.3 is 0 Å². The fourth-order valence-electron chi connectivity index (χ4n) is 2.40. The van der Waals surface area contributed by atoms with E-state index >= 15 is 0 Å². The summed E-state index contributed by atoms with van der Waals surface area (Å²) in [5, 5.41) is 3.16. The van der Waals surface area contributed by atoms with E-state index < -0.39 is 32.4 Å². The van der Waals surface area contributed by atoms with Gasteiger partial charge in [-0.15, -0.1) is 0 Å². The summed E-state index contributed by atoms with van der Waals surface area (Å²) >= 11 is 0. The number of benzene rings is 1. The predicted octanol–water partition coefficient (Wildman–Crippen LogP) is 1.72. The largest absolute Gasteiger partial charge is 0.317 e. The van der Waals surface area contributed by atoms with Crippen molar-refractivity contribution in [2.75, 3.05) is 26.7 Å². The number of halogens is 3. The van der Waals surface area contributed by atoms with E-state index in [4.69, 9.17) is 0 Å². The van der Waals surface area contributed by atoms with E-state index in [0.29, 0.717) is 6.07 Å². The van der Waals surface area contributed by atoms with Gasteiger partial charge in [0.05, 0.1) is 0 Å². The van der Waals surface area contributed by atoms with Gasteiger partial charge < -0.3 is 5.32 Å². The quantitative estimate of drug-likeness (QED) is 0.859. The molecule has 21 heavy (non-hydrogen) atoms. The second-order valence-corrected chi connectivity index (χ2v) is 7.17. The lowest BCUT2D eigenvalue weighted by atomic mass is 9.98. The Bertz CT molecular complexity index is 616. The smallest absolute Gasteiger partial charge is 0.245 e. The molecule has 8 heteroatoms. The van der Waals surface area contributed by atoms with E-state index in [1.54, 1.807) is 0 Å². The Morgan fingerprint density at radius 3 is 2.43 bits per heavy atom. The van der Waals surface area contributed by atoms with Crippen molar-refractivity contribution in [1.29, 1.82) is 0 Å². The first-order chi connectivity index (χ1) is 9.84.